The molecule has 2 fully saturated rings. The first-order valence-electron chi connectivity index (χ1n) is 9.12. The molecule has 1 saturated heterocycles. The number of nitrogens with zero attached hydrogens (tertiary/aromatic N) is 1. The molecule has 3 N–H and O–H groups in total. The molecule has 1 aliphatic heterocycles. The quantitative estimate of drug-likeness (QED) is 0.703. The second-order valence-electron chi connectivity index (χ2n) is 6.83. The molecule has 27 heavy (non-hydrogen) atoms. The van der Waals surface area contributed by atoms with Gasteiger partial charge in [-0.05, 0) is 37.1 Å². The predicted octanol–water partition coefficient (Wildman–Crippen LogP) is 2.76. The molecular formula is C18H22N4O4S. The molecule has 2 aliphatic rings. The van der Waals surface area contributed by atoms with E-state index in [9.17, 15) is 9.59 Å². The molecule has 1 atom stereocenters. The fourth-order valence-electron chi connectivity index (χ4n) is 3.28. The summed E-state index contributed by atoms with van der Waals surface area (Å²) in [6.45, 7) is 1.12. The summed E-state index contributed by atoms with van der Waals surface area (Å²) < 4.78 is 10.8. The Morgan fingerprint density at radius 2 is 2.30 bits per heavy atom. The molecule has 0 radical (unpaired) electrons. The van der Waals surface area contributed by atoms with Crippen molar-refractivity contribution in [1.82, 2.24) is 15.5 Å². The van der Waals surface area contributed by atoms with Crippen LogP contribution in [-0.4, -0.2) is 41.0 Å². The fraction of sp³-hybridized carbons (Fsp3) is 0.500. The van der Waals surface area contributed by atoms with Crippen molar-refractivity contribution in [3.63, 3.8) is 0 Å². The molecule has 4 rings (SSSR count). The Labute approximate surface area is 160 Å². The third-order valence-corrected chi connectivity index (χ3v) is 5.73. The van der Waals surface area contributed by atoms with E-state index in [1.807, 2.05) is 23.6 Å². The van der Waals surface area contributed by atoms with Crippen LogP contribution in [0.5, 0.6) is 0 Å². The molecule has 1 saturated carbocycles. The maximum absolute atomic E-state index is 12.0. The Hall–Kier alpha value is -2.39. The van der Waals surface area contributed by atoms with Gasteiger partial charge in [0.05, 0.1) is 12.2 Å². The summed E-state index contributed by atoms with van der Waals surface area (Å²) >= 11 is 1.60. The molecule has 0 spiro atoms. The average Bonchev–Trinajstić information content (AvgIpc) is 3.38. The summed E-state index contributed by atoms with van der Waals surface area (Å²) in [6.07, 6.45) is 2.27. The first-order valence-corrected chi connectivity index (χ1v) is 10.00. The van der Waals surface area contributed by atoms with Crippen molar-refractivity contribution in [2.24, 2.45) is 0 Å². The molecule has 2 aromatic heterocycles. The van der Waals surface area contributed by atoms with Gasteiger partial charge in [0.15, 0.2) is 0 Å². The van der Waals surface area contributed by atoms with Gasteiger partial charge in [0.25, 0.3) is 5.91 Å². The number of amides is 2. The zero-order valence-electron chi connectivity index (χ0n) is 14.8. The zero-order chi connectivity index (χ0) is 18.6. The van der Waals surface area contributed by atoms with Crippen molar-refractivity contribution in [3.05, 3.63) is 34.2 Å². The Morgan fingerprint density at radius 1 is 1.41 bits per heavy atom. The predicted molar refractivity (Wildman–Crippen MR) is 99.6 cm³/mol. The van der Waals surface area contributed by atoms with Gasteiger partial charge in [0.1, 0.15) is 18.0 Å². The smallest absolute Gasteiger partial charge is 0.407 e. The highest BCUT2D eigenvalue weighted by atomic mass is 32.1. The Kier molecular flexibility index (Phi) is 5.40. The van der Waals surface area contributed by atoms with Gasteiger partial charge < -0.3 is 20.1 Å². The van der Waals surface area contributed by atoms with E-state index in [0.29, 0.717) is 19.0 Å². The highest BCUT2D eigenvalue weighted by molar-refractivity contribution is 7.09. The molecule has 2 amide bonds. The number of nitrogens with one attached hydrogen (secondary N) is 3. The van der Waals surface area contributed by atoms with Crippen LogP contribution in [0.2, 0.25) is 0 Å². The summed E-state index contributed by atoms with van der Waals surface area (Å²) in [6, 6.07) is 5.76. The van der Waals surface area contributed by atoms with E-state index in [-0.39, 0.29) is 24.0 Å². The van der Waals surface area contributed by atoms with Gasteiger partial charge in [-0.3, -0.25) is 9.89 Å². The van der Waals surface area contributed by atoms with Crippen LogP contribution in [0.4, 0.5) is 10.6 Å². The number of rotatable bonds is 6. The van der Waals surface area contributed by atoms with E-state index < -0.39 is 6.09 Å². The topological polar surface area (TPSA) is 105 Å². The monoisotopic (exact) mass is 390 g/mol. The average molecular weight is 390 g/mol. The van der Waals surface area contributed by atoms with Crippen molar-refractivity contribution >= 4 is 29.2 Å². The number of H-pyrrole nitrogens is 1. The number of alkyl carbamates (subject to hydrolysis) is 1. The van der Waals surface area contributed by atoms with Crippen LogP contribution in [0.3, 0.4) is 0 Å². The first-order chi connectivity index (χ1) is 13.2. The van der Waals surface area contributed by atoms with Crippen LogP contribution in [-0.2, 0) is 20.8 Å². The number of hydrogen-bond donors (Lipinski definition) is 3. The van der Waals surface area contributed by atoms with Crippen LogP contribution in [0.1, 0.15) is 42.2 Å². The number of thiophene rings is 1. The van der Waals surface area contributed by atoms with Crippen LogP contribution >= 0.6 is 11.3 Å². The number of ether oxygens (including phenoxy) is 2. The normalized spacial score (nSPS) is 24.2. The van der Waals surface area contributed by atoms with Crippen LogP contribution in [0.15, 0.2) is 23.6 Å². The van der Waals surface area contributed by atoms with E-state index in [2.05, 4.69) is 20.8 Å². The summed E-state index contributed by atoms with van der Waals surface area (Å²) in [5, 5.41) is 14.6. The van der Waals surface area contributed by atoms with E-state index in [1.165, 1.54) is 0 Å². The van der Waals surface area contributed by atoms with Crippen molar-refractivity contribution in [2.45, 2.75) is 50.4 Å². The SMILES string of the molecule is O=C(NCc1cccs1)OC1CC(c2cc(NC(=O)[C@H]3CCCO3)[nH]n2)C1. The standard InChI is InChI=1S/C18H22N4O4S/c23-17(15-4-1-5-25-15)20-16-9-14(21-22-16)11-7-12(8-11)26-18(24)19-10-13-3-2-6-27-13/h2-3,6,9,11-12,15H,1,4-5,7-8,10H2,(H,19,24)(H2,20,21,22,23)/t11?,12?,15-/m1/s1. The molecule has 0 aromatic carbocycles. The lowest BCUT2D eigenvalue weighted by Crippen LogP contribution is -2.36. The molecule has 0 bridgehead atoms. The largest absolute Gasteiger partial charge is 0.446 e. The lowest BCUT2D eigenvalue weighted by molar-refractivity contribution is -0.124. The molecule has 1 aliphatic carbocycles. The summed E-state index contributed by atoms with van der Waals surface area (Å²) in [4.78, 5) is 25.0. The van der Waals surface area contributed by atoms with Crippen LogP contribution in [0, 0.1) is 0 Å². The molecule has 2 aromatic rings. The van der Waals surface area contributed by atoms with Gasteiger partial charge in [0, 0.05) is 23.5 Å². The molecular weight excluding hydrogens is 368 g/mol. The van der Waals surface area contributed by atoms with Gasteiger partial charge in [0.2, 0.25) is 0 Å². The number of carbonyl (C=O) groups excluding carboxylic acids is 2. The van der Waals surface area contributed by atoms with Crippen LogP contribution < -0.4 is 10.6 Å². The Morgan fingerprint density at radius 3 is 3.04 bits per heavy atom. The first kappa shape index (κ1) is 18.0. The van der Waals surface area contributed by atoms with Gasteiger partial charge in [-0.25, -0.2) is 4.79 Å². The summed E-state index contributed by atoms with van der Waals surface area (Å²) in [5.74, 6) is 0.660. The lowest BCUT2D eigenvalue weighted by atomic mass is 9.80. The van der Waals surface area contributed by atoms with Gasteiger partial charge >= 0.3 is 6.09 Å². The van der Waals surface area contributed by atoms with Crippen molar-refractivity contribution in [1.29, 1.82) is 0 Å². The van der Waals surface area contributed by atoms with Crippen molar-refractivity contribution in [2.75, 3.05) is 11.9 Å². The molecule has 8 nitrogen and oxygen atoms in total. The number of anilines is 1. The Balaban J connectivity index is 1.19. The van der Waals surface area contributed by atoms with E-state index in [0.717, 1.165) is 36.3 Å². The number of aromatic amines is 1. The minimum absolute atomic E-state index is 0.0973. The van der Waals surface area contributed by atoms with Crippen LogP contribution in [0.25, 0.3) is 0 Å². The second kappa shape index (κ2) is 8.10. The summed E-state index contributed by atoms with van der Waals surface area (Å²) in [7, 11) is 0. The van der Waals surface area contributed by atoms with Gasteiger partial charge in [-0.2, -0.15) is 5.10 Å². The maximum Gasteiger partial charge on any atom is 0.407 e. The van der Waals surface area contributed by atoms with E-state index in [1.54, 1.807) is 11.3 Å². The minimum atomic E-state index is -0.390. The minimum Gasteiger partial charge on any atom is -0.446 e. The summed E-state index contributed by atoms with van der Waals surface area (Å²) in [5.41, 5.74) is 0.872. The molecule has 3 heterocycles. The Bertz CT molecular complexity index is 779. The van der Waals surface area contributed by atoms with Crippen molar-refractivity contribution in [3.8, 4) is 0 Å². The number of aromatic nitrogens is 2. The third kappa shape index (κ3) is 4.48. The molecule has 144 valence electrons. The van der Waals surface area contributed by atoms with E-state index >= 15 is 0 Å². The molecule has 0 unspecified atom stereocenters. The third-order valence-electron chi connectivity index (χ3n) is 4.85. The second-order valence-corrected chi connectivity index (χ2v) is 7.86. The van der Waals surface area contributed by atoms with Crippen molar-refractivity contribution < 1.29 is 19.1 Å². The zero-order valence-corrected chi connectivity index (χ0v) is 15.6. The van der Waals surface area contributed by atoms with E-state index in [4.69, 9.17) is 9.47 Å². The van der Waals surface area contributed by atoms with Gasteiger partial charge in [-0.1, -0.05) is 6.07 Å². The highest BCUT2D eigenvalue weighted by Gasteiger charge is 2.35. The lowest BCUT2D eigenvalue weighted by Gasteiger charge is -2.33. The maximum atomic E-state index is 12.0. The number of carbonyl (C=O) groups is 2. The fourth-order valence-corrected chi connectivity index (χ4v) is 3.92. The number of hydrogen-bond acceptors (Lipinski definition) is 6. The highest BCUT2D eigenvalue weighted by Crippen LogP contribution is 2.38. The molecule has 9 heteroatoms. The van der Waals surface area contributed by atoms with Gasteiger partial charge in [-0.15, -0.1) is 11.3 Å².